The quantitative estimate of drug-likeness (QED) is 0.819. The Labute approximate surface area is 136 Å². The monoisotopic (exact) mass is 317 g/mol. The molecule has 2 rings (SSSR count). The molecule has 2 amide bonds. The van der Waals surface area contributed by atoms with Crippen molar-refractivity contribution in [3.63, 3.8) is 0 Å². The molecular weight excluding hydrogens is 294 g/mol. The number of ether oxygens (including phenoxy) is 1. The van der Waals surface area contributed by atoms with Gasteiger partial charge in [-0.15, -0.1) is 0 Å². The van der Waals surface area contributed by atoms with Crippen molar-refractivity contribution in [1.29, 1.82) is 0 Å². The van der Waals surface area contributed by atoms with Crippen molar-refractivity contribution < 1.29 is 19.1 Å². The van der Waals surface area contributed by atoms with Crippen LogP contribution in [-0.4, -0.2) is 24.4 Å². The van der Waals surface area contributed by atoms with E-state index in [0.29, 0.717) is 17.9 Å². The molecule has 1 aromatic rings. The van der Waals surface area contributed by atoms with Crippen molar-refractivity contribution in [2.45, 2.75) is 44.9 Å². The Kier molecular flexibility index (Phi) is 6.78. The number of nitrogens with one attached hydrogen (secondary N) is 1. The fourth-order valence-corrected chi connectivity index (χ4v) is 2.84. The summed E-state index contributed by atoms with van der Waals surface area (Å²) in [6.45, 7) is -0.415. The molecule has 0 heterocycles. The fraction of sp³-hybridized carbons (Fsp3) is 0.500. The molecule has 0 atom stereocenters. The summed E-state index contributed by atoms with van der Waals surface area (Å²) >= 11 is 0. The lowest BCUT2D eigenvalue weighted by atomic mass is 9.86. The summed E-state index contributed by atoms with van der Waals surface area (Å²) in [6, 6.07) is 8.43. The van der Waals surface area contributed by atoms with Crippen LogP contribution in [0.15, 0.2) is 30.3 Å². The Balaban J connectivity index is 1.63. The number of esters is 1. The summed E-state index contributed by atoms with van der Waals surface area (Å²) in [7, 11) is 0. The van der Waals surface area contributed by atoms with Crippen LogP contribution in [0.2, 0.25) is 0 Å². The van der Waals surface area contributed by atoms with E-state index in [2.05, 4.69) is 5.32 Å². The molecule has 1 aliphatic carbocycles. The predicted octanol–water partition coefficient (Wildman–Crippen LogP) is 2.85. The van der Waals surface area contributed by atoms with Gasteiger partial charge >= 0.3 is 5.97 Å². The van der Waals surface area contributed by atoms with E-state index in [0.717, 1.165) is 6.42 Å². The lowest BCUT2D eigenvalue weighted by Gasteiger charge is -2.20. The topological polar surface area (TPSA) is 72.5 Å². The van der Waals surface area contributed by atoms with Crippen LogP contribution in [0.3, 0.4) is 0 Å². The minimum absolute atomic E-state index is 0.338. The third kappa shape index (κ3) is 6.22. The third-order valence-corrected chi connectivity index (χ3v) is 4.13. The predicted molar refractivity (Wildman–Crippen MR) is 85.7 cm³/mol. The minimum Gasteiger partial charge on any atom is -0.456 e. The normalized spacial score (nSPS) is 15.0. The molecule has 1 saturated carbocycles. The molecule has 1 aliphatic rings. The number of amides is 2. The molecule has 124 valence electrons. The van der Waals surface area contributed by atoms with Crippen LogP contribution >= 0.6 is 0 Å². The van der Waals surface area contributed by atoms with Crippen molar-refractivity contribution in [3.8, 4) is 0 Å². The first-order valence-corrected chi connectivity index (χ1v) is 8.20. The maximum Gasteiger partial charge on any atom is 0.306 e. The minimum atomic E-state index is -0.607. The third-order valence-electron chi connectivity index (χ3n) is 4.13. The second-order valence-electron chi connectivity index (χ2n) is 5.95. The summed E-state index contributed by atoms with van der Waals surface area (Å²) < 4.78 is 4.93. The van der Waals surface area contributed by atoms with Crippen LogP contribution in [0.4, 0.5) is 0 Å². The molecule has 0 bridgehead atoms. The highest BCUT2D eigenvalue weighted by atomic mass is 16.5. The van der Waals surface area contributed by atoms with Gasteiger partial charge in [-0.1, -0.05) is 50.3 Å². The highest BCUT2D eigenvalue weighted by Gasteiger charge is 2.16. The van der Waals surface area contributed by atoms with E-state index in [1.807, 2.05) is 0 Å². The van der Waals surface area contributed by atoms with Gasteiger partial charge in [0.15, 0.2) is 6.61 Å². The summed E-state index contributed by atoms with van der Waals surface area (Å²) in [4.78, 5) is 35.0. The standard InChI is InChI=1S/C18H23NO4/c20-16(19-18(22)15-9-5-2-6-10-15)13-23-17(21)12-11-14-7-3-1-4-8-14/h2,5-6,9-10,14H,1,3-4,7-8,11-13H2,(H,19,20,22). The smallest absolute Gasteiger partial charge is 0.306 e. The number of carbonyl (C=O) groups excluding carboxylic acids is 3. The van der Waals surface area contributed by atoms with E-state index in [4.69, 9.17) is 4.74 Å². The van der Waals surface area contributed by atoms with Gasteiger partial charge in [-0.05, 0) is 24.5 Å². The Bertz CT molecular complexity index is 535. The molecule has 0 unspecified atom stereocenters. The molecule has 1 aromatic carbocycles. The molecule has 1 fully saturated rings. The number of rotatable bonds is 6. The lowest BCUT2D eigenvalue weighted by molar-refractivity contribution is -0.148. The number of benzene rings is 1. The molecule has 5 heteroatoms. The molecule has 1 N–H and O–H groups in total. The average Bonchev–Trinajstić information content (AvgIpc) is 2.60. The summed E-state index contributed by atoms with van der Waals surface area (Å²) in [5.74, 6) is -0.874. The van der Waals surface area contributed by atoms with Gasteiger partial charge in [0.1, 0.15) is 0 Å². The molecule has 0 aromatic heterocycles. The van der Waals surface area contributed by atoms with Crippen molar-refractivity contribution >= 4 is 17.8 Å². The van der Waals surface area contributed by atoms with Crippen molar-refractivity contribution in [2.24, 2.45) is 5.92 Å². The number of imide groups is 1. The van der Waals surface area contributed by atoms with Crippen LogP contribution in [-0.2, 0) is 14.3 Å². The molecule has 0 radical (unpaired) electrons. The second-order valence-corrected chi connectivity index (χ2v) is 5.95. The van der Waals surface area contributed by atoms with Gasteiger partial charge < -0.3 is 4.74 Å². The first kappa shape index (κ1) is 17.2. The highest BCUT2D eigenvalue weighted by Crippen LogP contribution is 2.27. The van der Waals surface area contributed by atoms with Gasteiger partial charge in [-0.25, -0.2) is 0 Å². The van der Waals surface area contributed by atoms with Gasteiger partial charge in [0, 0.05) is 12.0 Å². The van der Waals surface area contributed by atoms with Gasteiger partial charge in [0.2, 0.25) is 0 Å². The zero-order valence-corrected chi connectivity index (χ0v) is 13.3. The Morgan fingerprint density at radius 1 is 1.04 bits per heavy atom. The summed E-state index contributed by atoms with van der Waals surface area (Å²) in [5.41, 5.74) is 0.393. The zero-order valence-electron chi connectivity index (χ0n) is 13.3. The first-order chi connectivity index (χ1) is 11.1. The first-order valence-electron chi connectivity index (χ1n) is 8.20. The molecule has 0 saturated heterocycles. The van der Waals surface area contributed by atoms with Gasteiger partial charge in [0.05, 0.1) is 0 Å². The van der Waals surface area contributed by atoms with E-state index in [1.54, 1.807) is 30.3 Å². The summed E-state index contributed by atoms with van der Waals surface area (Å²) in [5, 5.41) is 2.20. The van der Waals surface area contributed by atoms with Crippen molar-refractivity contribution in [2.75, 3.05) is 6.61 Å². The molecule has 0 spiro atoms. The molecule has 5 nitrogen and oxygen atoms in total. The van der Waals surface area contributed by atoms with Crippen LogP contribution < -0.4 is 5.32 Å². The van der Waals surface area contributed by atoms with Crippen molar-refractivity contribution in [1.82, 2.24) is 5.32 Å². The maximum absolute atomic E-state index is 11.8. The van der Waals surface area contributed by atoms with Gasteiger partial charge in [0.25, 0.3) is 11.8 Å². The largest absolute Gasteiger partial charge is 0.456 e. The van der Waals surface area contributed by atoms with E-state index in [1.165, 1.54) is 32.1 Å². The Morgan fingerprint density at radius 2 is 1.74 bits per heavy atom. The van der Waals surface area contributed by atoms with Crippen LogP contribution in [0, 0.1) is 5.92 Å². The number of carbonyl (C=O) groups is 3. The Morgan fingerprint density at radius 3 is 2.43 bits per heavy atom. The van der Waals surface area contributed by atoms with E-state index in [-0.39, 0.29) is 5.97 Å². The van der Waals surface area contributed by atoms with Crippen LogP contribution in [0.25, 0.3) is 0 Å². The molecule has 0 aliphatic heterocycles. The average molecular weight is 317 g/mol. The fourth-order valence-electron chi connectivity index (χ4n) is 2.84. The number of hydrogen-bond donors (Lipinski definition) is 1. The molecule has 23 heavy (non-hydrogen) atoms. The van der Waals surface area contributed by atoms with Gasteiger partial charge in [-0.2, -0.15) is 0 Å². The second kappa shape index (κ2) is 9.08. The number of hydrogen-bond acceptors (Lipinski definition) is 4. The van der Waals surface area contributed by atoms with Crippen LogP contribution in [0.5, 0.6) is 0 Å². The van der Waals surface area contributed by atoms with Gasteiger partial charge in [-0.3, -0.25) is 19.7 Å². The SMILES string of the molecule is O=C(COC(=O)CCC1CCCCC1)NC(=O)c1ccccc1. The maximum atomic E-state index is 11.8. The van der Waals surface area contributed by atoms with Crippen molar-refractivity contribution in [3.05, 3.63) is 35.9 Å². The summed E-state index contributed by atoms with van der Waals surface area (Å²) in [6.07, 6.45) is 7.29. The molecular formula is C18H23NO4. The van der Waals surface area contributed by atoms with E-state index < -0.39 is 18.4 Å². The van der Waals surface area contributed by atoms with E-state index >= 15 is 0 Å². The van der Waals surface area contributed by atoms with E-state index in [9.17, 15) is 14.4 Å². The van der Waals surface area contributed by atoms with Crippen LogP contribution in [0.1, 0.15) is 55.3 Å². The zero-order chi connectivity index (χ0) is 16.5. The highest BCUT2D eigenvalue weighted by molar-refractivity contribution is 6.05. The Hall–Kier alpha value is -2.17. The lowest BCUT2D eigenvalue weighted by Crippen LogP contribution is -2.34.